The van der Waals surface area contributed by atoms with Crippen LogP contribution in [0.5, 0.6) is 0 Å². The quantitative estimate of drug-likeness (QED) is 0.456. The second-order valence-electron chi connectivity index (χ2n) is 6.16. The molecule has 11 heteroatoms. The standard InChI is InChI=1S/C17H16BrFN6O3/c1-10-7-15(25(27)28)21-24(10)11(2)17(26)20-16-14(18)9-23(22-16)8-12-3-5-13(19)6-4-12/h3-7,9,11H,8H2,1-2H3,(H,20,22,26). The molecule has 0 spiro atoms. The number of nitrogens with one attached hydrogen (secondary N) is 1. The van der Waals surface area contributed by atoms with Gasteiger partial charge in [-0.25, -0.2) is 4.39 Å². The maximum absolute atomic E-state index is 13.0. The fraction of sp³-hybridized carbons (Fsp3) is 0.235. The molecule has 146 valence electrons. The van der Waals surface area contributed by atoms with Crippen molar-refractivity contribution in [1.29, 1.82) is 0 Å². The number of benzene rings is 1. The molecule has 2 aromatic heterocycles. The summed E-state index contributed by atoms with van der Waals surface area (Å²) in [6.07, 6.45) is 1.69. The van der Waals surface area contributed by atoms with Crippen molar-refractivity contribution >= 4 is 33.5 Å². The van der Waals surface area contributed by atoms with Crippen LogP contribution in [0.25, 0.3) is 0 Å². The van der Waals surface area contributed by atoms with Crippen LogP contribution in [0.3, 0.4) is 0 Å². The van der Waals surface area contributed by atoms with E-state index in [2.05, 4.69) is 31.4 Å². The molecule has 0 saturated carbocycles. The molecule has 3 rings (SSSR count). The van der Waals surface area contributed by atoms with E-state index in [0.29, 0.717) is 22.5 Å². The van der Waals surface area contributed by atoms with Gasteiger partial charge in [-0.1, -0.05) is 12.1 Å². The monoisotopic (exact) mass is 450 g/mol. The molecule has 1 aromatic carbocycles. The number of halogens is 2. The third-order valence-corrected chi connectivity index (χ3v) is 4.64. The highest BCUT2D eigenvalue weighted by Crippen LogP contribution is 2.23. The molecule has 0 saturated heterocycles. The van der Waals surface area contributed by atoms with E-state index < -0.39 is 16.9 Å². The number of hydrogen-bond acceptors (Lipinski definition) is 5. The lowest BCUT2D eigenvalue weighted by Gasteiger charge is -2.10. The van der Waals surface area contributed by atoms with Gasteiger partial charge >= 0.3 is 5.82 Å². The summed E-state index contributed by atoms with van der Waals surface area (Å²) < 4.78 is 16.5. The van der Waals surface area contributed by atoms with Crippen LogP contribution >= 0.6 is 15.9 Å². The summed E-state index contributed by atoms with van der Waals surface area (Å²) in [6.45, 7) is 3.62. The summed E-state index contributed by atoms with van der Waals surface area (Å²) in [7, 11) is 0. The lowest BCUT2D eigenvalue weighted by Crippen LogP contribution is -2.25. The average molecular weight is 451 g/mol. The summed E-state index contributed by atoms with van der Waals surface area (Å²) in [4.78, 5) is 22.8. The highest BCUT2D eigenvalue weighted by molar-refractivity contribution is 9.10. The molecule has 0 aliphatic heterocycles. The van der Waals surface area contributed by atoms with Crippen LogP contribution < -0.4 is 5.32 Å². The molecule has 1 atom stereocenters. The van der Waals surface area contributed by atoms with Crippen LogP contribution in [0.15, 0.2) is 41.0 Å². The largest absolute Gasteiger partial charge is 0.390 e. The number of amides is 1. The van der Waals surface area contributed by atoms with Crippen molar-refractivity contribution in [1.82, 2.24) is 19.6 Å². The Morgan fingerprint density at radius 2 is 2.04 bits per heavy atom. The number of nitrogens with zero attached hydrogens (tertiary/aromatic N) is 5. The smallest absolute Gasteiger partial charge is 0.358 e. The number of rotatable bonds is 6. The van der Waals surface area contributed by atoms with Crippen LogP contribution in [-0.2, 0) is 11.3 Å². The van der Waals surface area contributed by atoms with Crippen molar-refractivity contribution < 1.29 is 14.1 Å². The summed E-state index contributed by atoms with van der Waals surface area (Å²) in [5.74, 6) is -0.754. The van der Waals surface area contributed by atoms with Crippen molar-refractivity contribution in [3.05, 3.63) is 68.2 Å². The zero-order chi connectivity index (χ0) is 20.4. The first kappa shape index (κ1) is 19.7. The van der Waals surface area contributed by atoms with Gasteiger partial charge in [0.1, 0.15) is 11.9 Å². The predicted molar refractivity (Wildman–Crippen MR) is 102 cm³/mol. The van der Waals surface area contributed by atoms with Crippen LogP contribution in [0.4, 0.5) is 16.0 Å². The van der Waals surface area contributed by atoms with Gasteiger partial charge in [-0.2, -0.15) is 9.78 Å². The van der Waals surface area contributed by atoms with Gasteiger partial charge in [-0.15, -0.1) is 0 Å². The molecular weight excluding hydrogens is 435 g/mol. The molecule has 28 heavy (non-hydrogen) atoms. The fourth-order valence-electron chi connectivity index (χ4n) is 2.62. The third kappa shape index (κ3) is 4.25. The maximum atomic E-state index is 13.0. The normalized spacial score (nSPS) is 12.0. The van der Waals surface area contributed by atoms with E-state index >= 15 is 0 Å². The van der Waals surface area contributed by atoms with Crippen molar-refractivity contribution in [3.8, 4) is 0 Å². The summed E-state index contributed by atoms with van der Waals surface area (Å²) in [6, 6.07) is 6.56. The maximum Gasteiger partial charge on any atom is 0.390 e. The first-order chi connectivity index (χ1) is 13.2. The Morgan fingerprint density at radius 3 is 2.64 bits per heavy atom. The van der Waals surface area contributed by atoms with Crippen molar-refractivity contribution in [2.75, 3.05) is 5.32 Å². The lowest BCUT2D eigenvalue weighted by molar-refractivity contribution is -0.389. The van der Waals surface area contributed by atoms with E-state index in [-0.39, 0.29) is 11.6 Å². The minimum absolute atomic E-state index is 0.304. The van der Waals surface area contributed by atoms with Crippen molar-refractivity contribution in [2.24, 2.45) is 0 Å². The molecule has 1 amide bonds. The van der Waals surface area contributed by atoms with Crippen molar-refractivity contribution in [2.45, 2.75) is 26.4 Å². The molecule has 0 radical (unpaired) electrons. The second kappa shape index (κ2) is 7.89. The van der Waals surface area contributed by atoms with Gasteiger partial charge in [0.25, 0.3) is 5.91 Å². The highest BCUT2D eigenvalue weighted by atomic mass is 79.9. The molecule has 9 nitrogen and oxygen atoms in total. The predicted octanol–water partition coefficient (Wildman–Crippen LogP) is 3.45. The summed E-state index contributed by atoms with van der Waals surface area (Å²) in [5.41, 5.74) is 1.34. The number of carbonyl (C=O) groups excluding carboxylic acids is 1. The van der Waals surface area contributed by atoms with Crippen LogP contribution in [-0.4, -0.2) is 30.4 Å². The number of hydrogen-bond donors (Lipinski definition) is 1. The Balaban J connectivity index is 1.72. The van der Waals surface area contributed by atoms with Crippen LogP contribution in [0.2, 0.25) is 0 Å². The lowest BCUT2D eigenvalue weighted by atomic mass is 10.2. The van der Waals surface area contributed by atoms with Crippen LogP contribution in [0, 0.1) is 22.9 Å². The fourth-order valence-corrected chi connectivity index (χ4v) is 3.04. The van der Waals surface area contributed by atoms with Gasteiger partial charge in [-0.3, -0.25) is 9.48 Å². The zero-order valence-corrected chi connectivity index (χ0v) is 16.6. The number of anilines is 1. The van der Waals surface area contributed by atoms with E-state index in [1.165, 1.54) is 22.9 Å². The van der Waals surface area contributed by atoms with Gasteiger partial charge in [0.05, 0.1) is 27.9 Å². The molecule has 1 N–H and O–H groups in total. The number of aromatic nitrogens is 4. The zero-order valence-electron chi connectivity index (χ0n) is 15.0. The minimum Gasteiger partial charge on any atom is -0.358 e. The Kier molecular flexibility index (Phi) is 5.54. The summed E-state index contributed by atoms with van der Waals surface area (Å²) >= 11 is 3.34. The van der Waals surface area contributed by atoms with Gasteiger partial charge in [0.2, 0.25) is 0 Å². The molecule has 0 aliphatic carbocycles. The van der Waals surface area contributed by atoms with E-state index in [1.54, 1.807) is 36.9 Å². The van der Waals surface area contributed by atoms with Gasteiger partial charge in [0, 0.05) is 6.20 Å². The second-order valence-corrected chi connectivity index (χ2v) is 7.01. The molecule has 0 fully saturated rings. The molecule has 0 aliphatic rings. The Labute approximate surface area is 167 Å². The third-order valence-electron chi connectivity index (χ3n) is 4.06. The van der Waals surface area contributed by atoms with Gasteiger partial charge < -0.3 is 15.4 Å². The Morgan fingerprint density at radius 1 is 1.36 bits per heavy atom. The van der Waals surface area contributed by atoms with E-state index in [9.17, 15) is 19.3 Å². The molecule has 3 aromatic rings. The van der Waals surface area contributed by atoms with Gasteiger partial charge in [0.15, 0.2) is 5.82 Å². The van der Waals surface area contributed by atoms with Gasteiger partial charge in [-0.05, 0) is 52.4 Å². The van der Waals surface area contributed by atoms with Crippen molar-refractivity contribution in [3.63, 3.8) is 0 Å². The highest BCUT2D eigenvalue weighted by Gasteiger charge is 2.25. The molecule has 2 heterocycles. The summed E-state index contributed by atoms with van der Waals surface area (Å²) in [5, 5.41) is 21.7. The first-order valence-corrected chi connectivity index (χ1v) is 9.02. The molecule has 1 unspecified atom stereocenters. The molecular formula is C17H16BrFN6O3. The number of aryl methyl sites for hydroxylation is 1. The Hall–Kier alpha value is -3.08. The van der Waals surface area contributed by atoms with E-state index in [4.69, 9.17) is 0 Å². The van der Waals surface area contributed by atoms with E-state index in [0.717, 1.165) is 5.56 Å². The average Bonchev–Trinajstić information content (AvgIpc) is 3.19. The first-order valence-electron chi connectivity index (χ1n) is 8.23. The number of nitro groups is 1. The SMILES string of the molecule is Cc1cc([N+](=O)[O-])nn1C(C)C(=O)Nc1nn(Cc2ccc(F)cc2)cc1Br. The molecule has 0 bridgehead atoms. The Bertz CT molecular complexity index is 1030. The topological polar surface area (TPSA) is 108 Å². The van der Waals surface area contributed by atoms with Crippen LogP contribution in [0.1, 0.15) is 24.2 Å². The van der Waals surface area contributed by atoms with E-state index in [1.807, 2.05) is 0 Å². The minimum atomic E-state index is -0.775. The number of carbonyl (C=O) groups is 1.